The number of nitrogens with zero attached hydrogens (tertiary/aromatic N) is 4. The Morgan fingerprint density at radius 3 is 2.52 bits per heavy atom. The predicted octanol–water partition coefficient (Wildman–Crippen LogP) is 0.990. The van der Waals surface area contributed by atoms with E-state index in [0.717, 1.165) is 29.7 Å². The van der Waals surface area contributed by atoms with Crippen LogP contribution in [0.3, 0.4) is 0 Å². The van der Waals surface area contributed by atoms with Crippen LogP contribution in [-0.4, -0.2) is 32.1 Å². The fourth-order valence-electron chi connectivity index (χ4n) is 2.14. The van der Waals surface area contributed by atoms with Gasteiger partial charge in [-0.3, -0.25) is 4.79 Å². The number of alkyl halides is 3. The van der Waals surface area contributed by atoms with Crippen LogP contribution >= 0.6 is 0 Å². The fraction of sp³-hybridized carbons (Fsp3) is 0.429. The van der Waals surface area contributed by atoms with Gasteiger partial charge in [-0.2, -0.15) is 9.36 Å². The summed E-state index contributed by atoms with van der Waals surface area (Å²) in [7, 11) is 0. The maximum atomic E-state index is 12.1. The molecule has 0 atom stereocenters. The summed E-state index contributed by atoms with van der Waals surface area (Å²) in [5, 5.41) is 9.93. The molecular weight excluding hydrogens is 343 g/mol. The van der Waals surface area contributed by atoms with Gasteiger partial charge in [0, 0.05) is 6.54 Å². The maximum absolute atomic E-state index is 12.1. The number of carbonyl (C=O) groups is 1. The molecule has 3 rings (SSSR count). The van der Waals surface area contributed by atoms with Crippen LogP contribution in [0.15, 0.2) is 29.1 Å². The number of carbonyl (C=O) groups excluding carboxylic acids is 1. The number of tetrazole rings is 1. The minimum Gasteiger partial charge on any atom is -0.406 e. The lowest BCUT2D eigenvalue weighted by molar-refractivity contribution is -0.274. The molecule has 1 saturated carbocycles. The highest BCUT2D eigenvalue weighted by Gasteiger charge is 2.31. The average Bonchev–Trinajstić information content (AvgIpc) is 3.31. The Bertz CT molecular complexity index is 808. The lowest BCUT2D eigenvalue weighted by atomic mass is 10.2. The zero-order chi connectivity index (χ0) is 18.0. The van der Waals surface area contributed by atoms with Crippen molar-refractivity contribution < 1.29 is 22.7 Å². The van der Waals surface area contributed by atoms with Gasteiger partial charge in [-0.1, -0.05) is 12.1 Å². The summed E-state index contributed by atoms with van der Waals surface area (Å²) in [6.07, 6.45) is -3.00. The molecule has 0 aliphatic heterocycles. The first-order valence-corrected chi connectivity index (χ1v) is 7.45. The van der Waals surface area contributed by atoms with Crippen LogP contribution < -0.4 is 15.7 Å². The van der Waals surface area contributed by atoms with E-state index in [1.807, 2.05) is 0 Å². The molecule has 0 unspecified atom stereocenters. The molecule has 1 amide bonds. The van der Waals surface area contributed by atoms with Crippen molar-refractivity contribution in [3.8, 4) is 5.75 Å². The summed E-state index contributed by atoms with van der Waals surface area (Å²) in [6.45, 7) is -0.183. The van der Waals surface area contributed by atoms with Gasteiger partial charge >= 0.3 is 12.1 Å². The Labute approximate surface area is 139 Å². The summed E-state index contributed by atoms with van der Waals surface area (Å²) in [5.41, 5.74) is 0.142. The average molecular weight is 357 g/mol. The highest BCUT2D eigenvalue weighted by atomic mass is 19.4. The Kier molecular flexibility index (Phi) is 4.47. The van der Waals surface area contributed by atoms with Crippen LogP contribution in [0.4, 0.5) is 13.2 Å². The second-order valence-electron chi connectivity index (χ2n) is 5.56. The van der Waals surface area contributed by atoms with Crippen molar-refractivity contribution in [1.82, 2.24) is 25.1 Å². The van der Waals surface area contributed by atoms with Gasteiger partial charge in [-0.05, 0) is 41.0 Å². The van der Waals surface area contributed by atoms with E-state index >= 15 is 0 Å². The highest BCUT2D eigenvalue weighted by molar-refractivity contribution is 5.75. The largest absolute Gasteiger partial charge is 0.573 e. The van der Waals surface area contributed by atoms with Crippen LogP contribution in [0.5, 0.6) is 5.75 Å². The van der Waals surface area contributed by atoms with Crippen molar-refractivity contribution in [1.29, 1.82) is 0 Å². The molecule has 0 radical (unpaired) electrons. The molecule has 1 N–H and O–H groups in total. The van der Waals surface area contributed by atoms with Crippen molar-refractivity contribution in [2.75, 3.05) is 0 Å². The number of amides is 1. The zero-order valence-corrected chi connectivity index (χ0v) is 12.9. The van der Waals surface area contributed by atoms with Gasteiger partial charge in [0.25, 0.3) is 0 Å². The first-order chi connectivity index (χ1) is 11.8. The third-order valence-corrected chi connectivity index (χ3v) is 3.49. The zero-order valence-electron chi connectivity index (χ0n) is 12.9. The molecule has 2 aromatic rings. The first kappa shape index (κ1) is 17.0. The molecule has 134 valence electrons. The van der Waals surface area contributed by atoms with Gasteiger partial charge in [-0.15, -0.1) is 13.2 Å². The molecule has 1 fully saturated rings. The number of nitrogens with one attached hydrogen (secondary N) is 1. The first-order valence-electron chi connectivity index (χ1n) is 7.45. The van der Waals surface area contributed by atoms with Crippen LogP contribution in [0.2, 0.25) is 0 Å². The number of benzene rings is 1. The molecule has 0 spiro atoms. The van der Waals surface area contributed by atoms with E-state index in [0.29, 0.717) is 5.56 Å². The Morgan fingerprint density at radius 2 is 1.92 bits per heavy atom. The molecule has 1 aromatic carbocycles. The van der Waals surface area contributed by atoms with Crippen molar-refractivity contribution in [2.45, 2.75) is 38.3 Å². The number of hydrogen-bond acceptors (Lipinski definition) is 5. The summed E-state index contributed by atoms with van der Waals surface area (Å²) in [5.74, 6) is -0.800. The van der Waals surface area contributed by atoms with Gasteiger partial charge in [0.15, 0.2) is 0 Å². The quantitative estimate of drug-likeness (QED) is 0.833. The lowest BCUT2D eigenvalue weighted by Crippen LogP contribution is -2.33. The second kappa shape index (κ2) is 6.57. The number of hydrogen-bond donors (Lipinski definition) is 1. The third kappa shape index (κ3) is 4.58. The Balaban J connectivity index is 1.51. The van der Waals surface area contributed by atoms with Crippen LogP contribution in [-0.2, 0) is 17.9 Å². The Morgan fingerprint density at radius 1 is 1.24 bits per heavy atom. The molecule has 0 saturated heterocycles. The summed E-state index contributed by atoms with van der Waals surface area (Å²) in [4.78, 5) is 23.8. The van der Waals surface area contributed by atoms with E-state index in [4.69, 9.17) is 0 Å². The number of ether oxygens (including phenoxy) is 1. The standard InChI is InChI=1S/C14H14F3N5O3/c15-14(16,17)25-11-5-1-9(2-6-11)7-18-12(23)8-21-13(24)22(20-19-21)10-3-4-10/h1-2,5-6,10H,3-4,7-8H2,(H,18,23). The topological polar surface area (TPSA) is 91.0 Å². The molecule has 25 heavy (non-hydrogen) atoms. The van der Waals surface area contributed by atoms with Crippen LogP contribution in [0.1, 0.15) is 24.4 Å². The van der Waals surface area contributed by atoms with Gasteiger partial charge in [0.05, 0.1) is 6.04 Å². The normalized spacial score (nSPS) is 14.4. The highest BCUT2D eigenvalue weighted by Crippen LogP contribution is 2.32. The van der Waals surface area contributed by atoms with Crippen LogP contribution in [0.25, 0.3) is 0 Å². The van der Waals surface area contributed by atoms with Gasteiger partial charge in [0.1, 0.15) is 12.3 Å². The van der Waals surface area contributed by atoms with Gasteiger partial charge in [0.2, 0.25) is 5.91 Å². The van der Waals surface area contributed by atoms with Crippen molar-refractivity contribution in [3.05, 3.63) is 40.3 Å². The molecule has 0 bridgehead atoms. The smallest absolute Gasteiger partial charge is 0.406 e. The second-order valence-corrected chi connectivity index (χ2v) is 5.56. The predicted molar refractivity (Wildman–Crippen MR) is 77.5 cm³/mol. The monoisotopic (exact) mass is 357 g/mol. The molecule has 1 aliphatic rings. The summed E-state index contributed by atoms with van der Waals surface area (Å²) < 4.78 is 42.2. The lowest BCUT2D eigenvalue weighted by Gasteiger charge is -2.09. The molecule has 1 aromatic heterocycles. The van der Waals surface area contributed by atoms with E-state index in [1.54, 1.807) is 0 Å². The van der Waals surface area contributed by atoms with E-state index < -0.39 is 18.0 Å². The molecule has 1 heterocycles. The number of aromatic nitrogens is 4. The maximum Gasteiger partial charge on any atom is 0.573 e. The molecule has 1 aliphatic carbocycles. The van der Waals surface area contributed by atoms with Crippen molar-refractivity contribution >= 4 is 5.91 Å². The van der Waals surface area contributed by atoms with E-state index in [9.17, 15) is 22.8 Å². The van der Waals surface area contributed by atoms with Crippen molar-refractivity contribution in [2.24, 2.45) is 0 Å². The number of halogens is 3. The van der Waals surface area contributed by atoms with Gasteiger partial charge in [-0.25, -0.2) is 4.79 Å². The summed E-state index contributed by atoms with van der Waals surface area (Å²) in [6, 6.07) is 5.18. The Hall–Kier alpha value is -2.85. The van der Waals surface area contributed by atoms with Gasteiger partial charge < -0.3 is 10.1 Å². The van der Waals surface area contributed by atoms with E-state index in [1.165, 1.54) is 16.8 Å². The van der Waals surface area contributed by atoms with E-state index in [2.05, 4.69) is 20.5 Å². The minimum absolute atomic E-state index is 0.0711. The fourth-order valence-corrected chi connectivity index (χ4v) is 2.14. The van der Waals surface area contributed by atoms with Crippen molar-refractivity contribution in [3.63, 3.8) is 0 Å². The number of rotatable bonds is 6. The minimum atomic E-state index is -4.75. The van der Waals surface area contributed by atoms with Crippen LogP contribution in [0, 0.1) is 0 Å². The molecular formula is C14H14F3N5O3. The summed E-state index contributed by atoms with van der Waals surface area (Å²) >= 11 is 0. The molecule has 8 nitrogen and oxygen atoms in total. The SMILES string of the molecule is O=C(Cn1nnn(C2CC2)c1=O)NCc1ccc(OC(F)(F)F)cc1. The van der Waals surface area contributed by atoms with E-state index in [-0.39, 0.29) is 24.9 Å². The molecule has 11 heteroatoms. The third-order valence-electron chi connectivity index (χ3n) is 3.49.